The standard InChI is InChI=1S/C13H20N4O/c1-10(2)3-5-16-6-4-12-15-11(13(14)18)9-17(12)8-7-16/h3,9H,4-8H2,1-2H3,(H2,14,18). The zero-order valence-electron chi connectivity index (χ0n) is 11.0. The second-order valence-corrected chi connectivity index (χ2v) is 4.93. The van der Waals surface area contributed by atoms with Crippen molar-refractivity contribution in [2.45, 2.75) is 26.8 Å². The van der Waals surface area contributed by atoms with Gasteiger partial charge in [-0.25, -0.2) is 4.98 Å². The zero-order chi connectivity index (χ0) is 13.1. The lowest BCUT2D eigenvalue weighted by Crippen LogP contribution is -2.27. The molecule has 1 aromatic rings. The second kappa shape index (κ2) is 5.35. The Morgan fingerprint density at radius 1 is 1.44 bits per heavy atom. The summed E-state index contributed by atoms with van der Waals surface area (Å²) in [4.78, 5) is 17.8. The van der Waals surface area contributed by atoms with Gasteiger partial charge in [0, 0.05) is 38.8 Å². The number of amides is 1. The van der Waals surface area contributed by atoms with Crippen LogP contribution in [0, 0.1) is 0 Å². The maximum Gasteiger partial charge on any atom is 0.268 e. The molecule has 0 saturated heterocycles. The van der Waals surface area contributed by atoms with Gasteiger partial charge in [-0.15, -0.1) is 0 Å². The molecular formula is C13H20N4O. The lowest BCUT2D eigenvalue weighted by Gasteiger charge is -2.17. The highest BCUT2D eigenvalue weighted by Crippen LogP contribution is 2.10. The van der Waals surface area contributed by atoms with Crippen molar-refractivity contribution in [2.24, 2.45) is 5.73 Å². The minimum Gasteiger partial charge on any atom is -0.364 e. The number of carbonyl (C=O) groups excluding carboxylic acids is 1. The van der Waals surface area contributed by atoms with Crippen molar-refractivity contribution >= 4 is 5.91 Å². The van der Waals surface area contributed by atoms with Crippen molar-refractivity contribution < 1.29 is 4.79 Å². The van der Waals surface area contributed by atoms with Crippen molar-refractivity contribution in [1.82, 2.24) is 14.5 Å². The molecule has 0 aliphatic carbocycles. The van der Waals surface area contributed by atoms with Crippen LogP contribution in [-0.2, 0) is 13.0 Å². The van der Waals surface area contributed by atoms with Crippen LogP contribution in [0.1, 0.15) is 30.2 Å². The van der Waals surface area contributed by atoms with Gasteiger partial charge in [0.05, 0.1) is 0 Å². The lowest BCUT2D eigenvalue weighted by molar-refractivity contribution is 0.0995. The van der Waals surface area contributed by atoms with E-state index in [1.54, 1.807) is 6.20 Å². The Morgan fingerprint density at radius 3 is 2.89 bits per heavy atom. The summed E-state index contributed by atoms with van der Waals surface area (Å²) in [5.74, 6) is 0.514. The van der Waals surface area contributed by atoms with E-state index >= 15 is 0 Å². The van der Waals surface area contributed by atoms with E-state index in [0.29, 0.717) is 5.69 Å². The summed E-state index contributed by atoms with van der Waals surface area (Å²) in [5.41, 5.74) is 6.96. The summed E-state index contributed by atoms with van der Waals surface area (Å²) < 4.78 is 2.04. The van der Waals surface area contributed by atoms with Gasteiger partial charge in [-0.2, -0.15) is 0 Å². The third-order valence-corrected chi connectivity index (χ3v) is 3.18. The van der Waals surface area contributed by atoms with Gasteiger partial charge in [-0.3, -0.25) is 9.69 Å². The van der Waals surface area contributed by atoms with Crippen LogP contribution in [0.5, 0.6) is 0 Å². The second-order valence-electron chi connectivity index (χ2n) is 4.93. The van der Waals surface area contributed by atoms with Gasteiger partial charge >= 0.3 is 0 Å². The predicted octanol–water partition coefficient (Wildman–Crippen LogP) is 0.806. The average molecular weight is 248 g/mol. The van der Waals surface area contributed by atoms with E-state index in [1.165, 1.54) is 5.57 Å². The van der Waals surface area contributed by atoms with Crippen LogP contribution >= 0.6 is 0 Å². The number of nitrogens with two attached hydrogens (primary N) is 1. The van der Waals surface area contributed by atoms with Crippen molar-refractivity contribution in [3.63, 3.8) is 0 Å². The molecule has 0 unspecified atom stereocenters. The first-order chi connectivity index (χ1) is 8.56. The van der Waals surface area contributed by atoms with Crippen LogP contribution in [0.15, 0.2) is 17.8 Å². The Morgan fingerprint density at radius 2 is 2.22 bits per heavy atom. The maximum absolute atomic E-state index is 11.1. The molecular weight excluding hydrogens is 228 g/mol. The van der Waals surface area contributed by atoms with Gasteiger partial charge in [0.1, 0.15) is 11.5 Å². The largest absolute Gasteiger partial charge is 0.364 e. The van der Waals surface area contributed by atoms with Gasteiger partial charge in [-0.1, -0.05) is 11.6 Å². The first-order valence-corrected chi connectivity index (χ1v) is 6.28. The fourth-order valence-electron chi connectivity index (χ4n) is 2.08. The number of rotatable bonds is 3. The molecule has 2 rings (SSSR count). The Labute approximate surface area is 107 Å². The normalized spacial score (nSPS) is 15.9. The van der Waals surface area contributed by atoms with Gasteiger partial charge in [0.15, 0.2) is 0 Å². The number of hydrogen-bond acceptors (Lipinski definition) is 3. The van der Waals surface area contributed by atoms with Crippen molar-refractivity contribution in [2.75, 3.05) is 19.6 Å². The Hall–Kier alpha value is -1.62. The first-order valence-electron chi connectivity index (χ1n) is 6.28. The van der Waals surface area contributed by atoms with E-state index in [9.17, 15) is 4.79 Å². The fourth-order valence-corrected chi connectivity index (χ4v) is 2.08. The number of allylic oxidation sites excluding steroid dienone is 1. The molecule has 0 spiro atoms. The monoisotopic (exact) mass is 248 g/mol. The molecule has 0 aromatic carbocycles. The van der Waals surface area contributed by atoms with E-state index in [1.807, 2.05) is 4.57 Å². The third-order valence-electron chi connectivity index (χ3n) is 3.18. The Bertz CT molecular complexity index is 446. The summed E-state index contributed by atoms with van der Waals surface area (Å²) in [6, 6.07) is 0. The zero-order valence-corrected chi connectivity index (χ0v) is 11.0. The summed E-state index contributed by atoms with van der Waals surface area (Å²) >= 11 is 0. The molecule has 5 nitrogen and oxygen atoms in total. The average Bonchev–Trinajstić information content (AvgIpc) is 2.63. The first kappa shape index (κ1) is 12.8. The fraction of sp³-hybridized carbons (Fsp3) is 0.538. The molecule has 0 saturated carbocycles. The van der Waals surface area contributed by atoms with Crippen LogP contribution < -0.4 is 5.73 Å². The molecule has 1 aromatic heterocycles. The number of aromatic nitrogens is 2. The number of nitrogens with zero attached hydrogens (tertiary/aromatic N) is 3. The molecule has 18 heavy (non-hydrogen) atoms. The molecule has 98 valence electrons. The summed E-state index contributed by atoms with van der Waals surface area (Å²) in [6.07, 6.45) is 4.87. The molecule has 1 amide bonds. The third kappa shape index (κ3) is 2.98. The number of hydrogen-bond donors (Lipinski definition) is 1. The predicted molar refractivity (Wildman–Crippen MR) is 70.3 cm³/mol. The van der Waals surface area contributed by atoms with Crippen molar-refractivity contribution in [3.05, 3.63) is 29.4 Å². The van der Waals surface area contributed by atoms with Crippen molar-refractivity contribution in [3.8, 4) is 0 Å². The minimum atomic E-state index is -0.447. The molecule has 2 N–H and O–H groups in total. The molecule has 2 heterocycles. The highest BCUT2D eigenvalue weighted by molar-refractivity contribution is 5.90. The van der Waals surface area contributed by atoms with Crippen LogP contribution in [0.25, 0.3) is 0 Å². The van der Waals surface area contributed by atoms with E-state index < -0.39 is 5.91 Å². The number of primary amides is 1. The van der Waals surface area contributed by atoms with E-state index in [4.69, 9.17) is 5.73 Å². The Kier molecular flexibility index (Phi) is 3.81. The molecule has 0 fully saturated rings. The number of fused-ring (bicyclic) bond motifs is 1. The van der Waals surface area contributed by atoms with Gasteiger partial charge < -0.3 is 10.3 Å². The highest BCUT2D eigenvalue weighted by atomic mass is 16.1. The minimum absolute atomic E-state index is 0.378. The molecule has 1 aliphatic rings. The SMILES string of the molecule is CC(C)=CCN1CCc2nc(C(N)=O)cn2CC1. The number of carbonyl (C=O) groups is 1. The quantitative estimate of drug-likeness (QED) is 0.805. The topological polar surface area (TPSA) is 64.2 Å². The van der Waals surface area contributed by atoms with Gasteiger partial charge in [0.2, 0.25) is 0 Å². The van der Waals surface area contributed by atoms with E-state index in [0.717, 1.165) is 38.4 Å². The van der Waals surface area contributed by atoms with Crippen LogP contribution in [0.2, 0.25) is 0 Å². The van der Waals surface area contributed by atoms with Crippen LogP contribution in [-0.4, -0.2) is 40.0 Å². The molecule has 5 heteroatoms. The van der Waals surface area contributed by atoms with Gasteiger partial charge in [0.25, 0.3) is 5.91 Å². The lowest BCUT2D eigenvalue weighted by atomic mass is 10.3. The molecule has 0 bridgehead atoms. The smallest absolute Gasteiger partial charge is 0.268 e. The number of imidazole rings is 1. The highest BCUT2D eigenvalue weighted by Gasteiger charge is 2.16. The van der Waals surface area contributed by atoms with Gasteiger partial charge in [-0.05, 0) is 13.8 Å². The van der Waals surface area contributed by atoms with Crippen molar-refractivity contribution in [1.29, 1.82) is 0 Å². The summed E-state index contributed by atoms with van der Waals surface area (Å²) in [7, 11) is 0. The van der Waals surface area contributed by atoms with Crippen LogP contribution in [0.3, 0.4) is 0 Å². The van der Waals surface area contributed by atoms with E-state index in [2.05, 4.69) is 29.8 Å². The molecule has 0 atom stereocenters. The summed E-state index contributed by atoms with van der Waals surface area (Å²) in [5, 5.41) is 0. The Balaban J connectivity index is 2.02. The molecule has 0 radical (unpaired) electrons. The summed E-state index contributed by atoms with van der Waals surface area (Å²) in [6.45, 7) is 8.02. The van der Waals surface area contributed by atoms with Crippen LogP contribution in [0.4, 0.5) is 0 Å². The maximum atomic E-state index is 11.1. The van der Waals surface area contributed by atoms with E-state index in [-0.39, 0.29) is 0 Å². The molecule has 1 aliphatic heterocycles.